The van der Waals surface area contributed by atoms with Crippen LogP contribution in [0.25, 0.3) is 0 Å². The maximum absolute atomic E-state index is 11.9. The molecule has 5 aliphatic rings. The molecule has 3 saturated carbocycles. The molecule has 3 aliphatic carbocycles. The van der Waals surface area contributed by atoms with Crippen LogP contribution in [0.3, 0.4) is 0 Å². The normalized spacial score (nSPS) is 44.7. The molecule has 1 unspecified atom stereocenters. The van der Waals surface area contributed by atoms with Crippen LogP contribution in [-0.4, -0.2) is 49.7 Å². The zero-order valence-electron chi connectivity index (χ0n) is 18.9. The van der Waals surface area contributed by atoms with Gasteiger partial charge in [0.25, 0.3) is 0 Å². The first-order valence-corrected chi connectivity index (χ1v) is 12.3. The van der Waals surface area contributed by atoms with E-state index in [1.54, 1.807) is 0 Å². The molecule has 0 aromatic rings. The Kier molecular flexibility index (Phi) is 5.42. The summed E-state index contributed by atoms with van der Waals surface area (Å²) in [6, 6.07) is 0. The molecule has 0 aromatic heterocycles. The van der Waals surface area contributed by atoms with E-state index in [0.29, 0.717) is 30.5 Å². The predicted octanol–water partition coefficient (Wildman–Crippen LogP) is 5.15. The fourth-order valence-electron chi connectivity index (χ4n) is 7.77. The zero-order chi connectivity index (χ0) is 20.9. The van der Waals surface area contributed by atoms with E-state index in [1.165, 1.54) is 44.1 Å². The number of carbonyl (C=O) groups is 1. The summed E-state index contributed by atoms with van der Waals surface area (Å²) in [5.41, 5.74) is 1.66. The van der Waals surface area contributed by atoms with Crippen LogP contribution in [0.15, 0.2) is 12.2 Å². The van der Waals surface area contributed by atoms with Crippen molar-refractivity contribution in [3.05, 3.63) is 12.2 Å². The summed E-state index contributed by atoms with van der Waals surface area (Å²) in [5, 5.41) is 0. The average molecular weight is 418 g/mol. The summed E-state index contributed by atoms with van der Waals surface area (Å²) in [6.07, 6.45) is 10.9. The first-order valence-electron chi connectivity index (χ1n) is 12.3. The Bertz CT molecular complexity index is 689. The van der Waals surface area contributed by atoms with Gasteiger partial charge in [0, 0.05) is 17.9 Å². The van der Waals surface area contributed by atoms with Gasteiger partial charge < -0.3 is 19.1 Å². The highest BCUT2D eigenvalue weighted by Crippen LogP contribution is 2.63. The number of allylic oxidation sites excluding steroid dienone is 1. The lowest BCUT2D eigenvalue weighted by atomic mass is 9.46. The first kappa shape index (κ1) is 20.8. The van der Waals surface area contributed by atoms with Crippen LogP contribution in [0, 0.1) is 28.6 Å². The fourth-order valence-corrected chi connectivity index (χ4v) is 7.77. The predicted molar refractivity (Wildman–Crippen MR) is 115 cm³/mol. The fraction of sp³-hybridized carbons (Fsp3) is 0.880. The molecule has 5 rings (SSSR count). The van der Waals surface area contributed by atoms with Crippen molar-refractivity contribution < 1.29 is 19.0 Å². The quantitative estimate of drug-likeness (QED) is 0.594. The van der Waals surface area contributed by atoms with Gasteiger partial charge in [0.15, 0.2) is 6.29 Å². The zero-order valence-corrected chi connectivity index (χ0v) is 18.9. The summed E-state index contributed by atoms with van der Waals surface area (Å²) < 4.78 is 18.2. The van der Waals surface area contributed by atoms with Crippen molar-refractivity contribution in [2.75, 3.05) is 26.3 Å². The smallest absolute Gasteiger partial charge is 0.409 e. The highest BCUT2D eigenvalue weighted by molar-refractivity contribution is 5.69. The van der Waals surface area contributed by atoms with Gasteiger partial charge in [0.05, 0.1) is 19.3 Å². The van der Waals surface area contributed by atoms with Gasteiger partial charge in [-0.3, -0.25) is 0 Å². The van der Waals surface area contributed by atoms with Crippen LogP contribution in [0.4, 0.5) is 4.79 Å². The Morgan fingerprint density at radius 3 is 2.67 bits per heavy atom. The number of rotatable bonds is 4. The number of fused-ring (bicyclic) bond motifs is 3. The molecule has 30 heavy (non-hydrogen) atoms. The average Bonchev–Trinajstić information content (AvgIpc) is 3.39. The van der Waals surface area contributed by atoms with Crippen LogP contribution in [-0.2, 0) is 14.2 Å². The molecule has 2 saturated heterocycles. The van der Waals surface area contributed by atoms with Gasteiger partial charge in [-0.05, 0) is 62.2 Å². The van der Waals surface area contributed by atoms with Crippen LogP contribution in [0.1, 0.15) is 71.6 Å². The Morgan fingerprint density at radius 1 is 1.13 bits per heavy atom. The molecule has 5 fully saturated rings. The maximum Gasteiger partial charge on any atom is 0.409 e. The number of hydrogen-bond donors (Lipinski definition) is 0. The molecule has 0 radical (unpaired) electrons. The molecule has 2 aliphatic heterocycles. The Labute approximate surface area is 181 Å². The number of ether oxygens (including phenoxy) is 3. The van der Waals surface area contributed by atoms with Gasteiger partial charge in [0.1, 0.15) is 6.61 Å². The van der Waals surface area contributed by atoms with Crippen molar-refractivity contribution in [3.63, 3.8) is 0 Å². The second-order valence-electron chi connectivity index (χ2n) is 11.1. The molecule has 0 spiro atoms. The van der Waals surface area contributed by atoms with E-state index in [4.69, 9.17) is 14.2 Å². The summed E-state index contributed by atoms with van der Waals surface area (Å²) in [7, 11) is 0. The molecule has 5 nitrogen and oxygen atoms in total. The first-order chi connectivity index (χ1) is 14.4. The number of nitrogens with zero attached hydrogens (tertiary/aromatic N) is 1. The molecule has 0 aromatic carbocycles. The largest absolute Gasteiger partial charge is 0.448 e. The van der Waals surface area contributed by atoms with Crippen LogP contribution < -0.4 is 0 Å². The summed E-state index contributed by atoms with van der Waals surface area (Å²) in [6.45, 7) is 12.3. The van der Waals surface area contributed by atoms with Gasteiger partial charge >= 0.3 is 6.09 Å². The number of hydrogen-bond acceptors (Lipinski definition) is 4. The van der Waals surface area contributed by atoms with Crippen molar-refractivity contribution in [2.24, 2.45) is 28.6 Å². The molecular formula is C25H39NO4. The molecule has 5 heteroatoms. The monoisotopic (exact) mass is 417 g/mol. The highest BCUT2D eigenvalue weighted by Gasteiger charge is 2.60. The van der Waals surface area contributed by atoms with E-state index in [1.807, 2.05) is 4.90 Å². The molecule has 2 heterocycles. The number of amides is 1. The van der Waals surface area contributed by atoms with Crippen molar-refractivity contribution in [2.45, 2.75) is 84.0 Å². The third kappa shape index (κ3) is 3.31. The van der Waals surface area contributed by atoms with E-state index < -0.39 is 0 Å². The van der Waals surface area contributed by atoms with Gasteiger partial charge in [-0.1, -0.05) is 38.8 Å². The standard InChI is InChI=1S/C25H39NO4/c1-17-8-9-20-24(2,19(17)11-13-26-14-15-28-23(26)27)12-10-21-25(20,3)16-29-22(30-21)18-6-4-5-7-18/h18-22H,1,4-16H2,2-3H3/t19-,20?,21-,22-,24+,25+/m1/s1. The van der Waals surface area contributed by atoms with Crippen molar-refractivity contribution in [1.29, 1.82) is 0 Å². The van der Waals surface area contributed by atoms with Crippen molar-refractivity contribution in [3.8, 4) is 0 Å². The second kappa shape index (κ2) is 7.81. The van der Waals surface area contributed by atoms with Crippen LogP contribution in [0.5, 0.6) is 0 Å². The molecule has 168 valence electrons. The SMILES string of the molecule is C=C1CCC2[C@]3(C)CO[C@@H](C4CCCC4)O[C@@H]3CC[C@@]2(C)[C@@H]1CCN1CCOC1=O. The molecule has 0 N–H and O–H groups in total. The highest BCUT2D eigenvalue weighted by atomic mass is 16.7. The minimum absolute atomic E-state index is 0.0189. The number of carbonyl (C=O) groups excluding carboxylic acids is 1. The van der Waals surface area contributed by atoms with E-state index in [0.717, 1.165) is 39.0 Å². The number of cyclic esters (lactones) is 1. The van der Waals surface area contributed by atoms with E-state index in [9.17, 15) is 4.79 Å². The van der Waals surface area contributed by atoms with Gasteiger partial charge in [-0.25, -0.2) is 4.79 Å². The Morgan fingerprint density at radius 2 is 1.93 bits per heavy atom. The summed E-state index contributed by atoms with van der Waals surface area (Å²) in [4.78, 5) is 13.8. The minimum Gasteiger partial charge on any atom is -0.448 e. The lowest BCUT2D eigenvalue weighted by Crippen LogP contribution is -2.62. The van der Waals surface area contributed by atoms with Crippen LogP contribution >= 0.6 is 0 Å². The lowest BCUT2D eigenvalue weighted by Gasteiger charge is -2.63. The van der Waals surface area contributed by atoms with E-state index in [2.05, 4.69) is 20.4 Å². The second-order valence-corrected chi connectivity index (χ2v) is 11.1. The third-order valence-corrected chi connectivity index (χ3v) is 9.49. The molecular weight excluding hydrogens is 378 g/mol. The van der Waals surface area contributed by atoms with Crippen molar-refractivity contribution >= 4 is 6.09 Å². The maximum atomic E-state index is 11.9. The topological polar surface area (TPSA) is 48.0 Å². The van der Waals surface area contributed by atoms with Crippen LogP contribution in [0.2, 0.25) is 0 Å². The minimum atomic E-state index is -0.152. The van der Waals surface area contributed by atoms with E-state index >= 15 is 0 Å². The van der Waals surface area contributed by atoms with E-state index in [-0.39, 0.29) is 23.2 Å². The lowest BCUT2D eigenvalue weighted by molar-refractivity contribution is -0.316. The molecule has 0 bridgehead atoms. The van der Waals surface area contributed by atoms with Gasteiger partial charge in [-0.2, -0.15) is 0 Å². The summed E-state index contributed by atoms with van der Waals surface area (Å²) in [5.74, 6) is 1.63. The van der Waals surface area contributed by atoms with Crippen molar-refractivity contribution in [1.82, 2.24) is 4.90 Å². The Balaban J connectivity index is 1.31. The third-order valence-electron chi connectivity index (χ3n) is 9.49. The Hall–Kier alpha value is -1.07. The molecule has 6 atom stereocenters. The van der Waals surface area contributed by atoms with Gasteiger partial charge in [-0.15, -0.1) is 0 Å². The summed E-state index contributed by atoms with van der Waals surface area (Å²) >= 11 is 0. The molecule has 1 amide bonds. The van der Waals surface area contributed by atoms with Gasteiger partial charge in [0.2, 0.25) is 0 Å².